The summed E-state index contributed by atoms with van der Waals surface area (Å²) < 4.78 is 0. The van der Waals surface area contributed by atoms with Crippen LogP contribution in [-0.2, 0) is 4.84 Å². The molecule has 0 bridgehead atoms. The lowest BCUT2D eigenvalue weighted by Gasteiger charge is -2.20. The highest BCUT2D eigenvalue weighted by Gasteiger charge is 2.09. The van der Waals surface area contributed by atoms with Gasteiger partial charge in [0.25, 0.3) is 0 Å². The number of urea groups is 1. The molecule has 0 heterocycles. The molecule has 2 amide bonds. The van der Waals surface area contributed by atoms with Gasteiger partial charge in [0.2, 0.25) is 0 Å². The molecule has 0 rings (SSSR count). The second-order valence-corrected chi connectivity index (χ2v) is 2.32. The summed E-state index contributed by atoms with van der Waals surface area (Å²) in [6.45, 7) is 3.85. The molecule has 0 aromatic heterocycles. The second-order valence-electron chi connectivity index (χ2n) is 2.32. The quantitative estimate of drug-likeness (QED) is 0.579. The monoisotopic (exact) mass is 146 g/mol. The van der Waals surface area contributed by atoms with E-state index in [1.54, 1.807) is 11.9 Å². The number of hydroxylamine groups is 1. The Kier molecular flexibility index (Phi) is 3.79. The van der Waals surface area contributed by atoms with Crippen LogP contribution in [0.4, 0.5) is 4.79 Å². The SMILES string of the molecule is CONC(=O)N(C)C(C)C. The van der Waals surface area contributed by atoms with Gasteiger partial charge in [-0.15, -0.1) is 0 Å². The van der Waals surface area contributed by atoms with Gasteiger partial charge in [-0.1, -0.05) is 0 Å². The predicted octanol–water partition coefficient (Wildman–Crippen LogP) is 0.598. The Bertz CT molecular complexity index is 114. The molecule has 1 N–H and O–H groups in total. The van der Waals surface area contributed by atoms with Gasteiger partial charge in [0.1, 0.15) is 0 Å². The maximum absolute atomic E-state index is 10.9. The molecule has 60 valence electrons. The summed E-state index contributed by atoms with van der Waals surface area (Å²) in [5, 5.41) is 0. The molecule has 4 nitrogen and oxygen atoms in total. The van der Waals surface area contributed by atoms with Crippen molar-refractivity contribution in [1.82, 2.24) is 10.4 Å². The van der Waals surface area contributed by atoms with E-state index in [1.807, 2.05) is 13.8 Å². The van der Waals surface area contributed by atoms with Gasteiger partial charge in [0, 0.05) is 13.1 Å². The molecule has 0 spiro atoms. The summed E-state index contributed by atoms with van der Waals surface area (Å²) in [5.74, 6) is 0. The Morgan fingerprint density at radius 3 is 2.40 bits per heavy atom. The number of hydrogen-bond donors (Lipinski definition) is 1. The fraction of sp³-hybridized carbons (Fsp3) is 0.833. The Morgan fingerprint density at radius 2 is 2.10 bits per heavy atom. The van der Waals surface area contributed by atoms with Crippen LogP contribution < -0.4 is 5.48 Å². The molecule has 0 unspecified atom stereocenters. The van der Waals surface area contributed by atoms with Crippen LogP contribution in [0.25, 0.3) is 0 Å². The minimum absolute atomic E-state index is 0.190. The molecule has 4 heteroatoms. The first kappa shape index (κ1) is 9.23. The fourth-order valence-corrected chi connectivity index (χ4v) is 0.394. The van der Waals surface area contributed by atoms with Gasteiger partial charge in [-0.05, 0) is 13.8 Å². The molecule has 0 fully saturated rings. The van der Waals surface area contributed by atoms with Crippen LogP contribution >= 0.6 is 0 Å². The predicted molar refractivity (Wildman–Crippen MR) is 38.4 cm³/mol. The van der Waals surface area contributed by atoms with Crippen molar-refractivity contribution in [3.8, 4) is 0 Å². The third-order valence-corrected chi connectivity index (χ3v) is 1.28. The fourth-order valence-electron chi connectivity index (χ4n) is 0.394. The zero-order chi connectivity index (χ0) is 8.15. The maximum Gasteiger partial charge on any atom is 0.341 e. The highest BCUT2D eigenvalue weighted by atomic mass is 16.6. The van der Waals surface area contributed by atoms with E-state index in [9.17, 15) is 4.79 Å². The first-order chi connectivity index (χ1) is 4.59. The number of hydrogen-bond acceptors (Lipinski definition) is 2. The number of carbonyl (C=O) groups excluding carboxylic acids is 1. The van der Waals surface area contributed by atoms with Gasteiger partial charge in [-0.25, -0.2) is 10.3 Å². The average Bonchev–Trinajstić information content (AvgIpc) is 1.87. The van der Waals surface area contributed by atoms with Crippen molar-refractivity contribution in [1.29, 1.82) is 0 Å². The van der Waals surface area contributed by atoms with Crippen molar-refractivity contribution in [3.63, 3.8) is 0 Å². The van der Waals surface area contributed by atoms with Gasteiger partial charge in [0.15, 0.2) is 0 Å². The normalized spacial score (nSPS) is 9.70. The highest BCUT2D eigenvalue weighted by molar-refractivity contribution is 5.72. The molecule has 0 aromatic rings. The summed E-state index contributed by atoms with van der Waals surface area (Å²) in [7, 11) is 3.12. The van der Waals surface area contributed by atoms with Crippen LogP contribution in [0.15, 0.2) is 0 Å². The number of nitrogens with zero attached hydrogens (tertiary/aromatic N) is 1. The van der Waals surface area contributed by atoms with Crippen molar-refractivity contribution in [3.05, 3.63) is 0 Å². The third-order valence-electron chi connectivity index (χ3n) is 1.28. The Balaban J connectivity index is 3.71. The van der Waals surface area contributed by atoms with Crippen molar-refractivity contribution >= 4 is 6.03 Å². The second kappa shape index (κ2) is 4.11. The number of nitrogens with one attached hydrogen (secondary N) is 1. The van der Waals surface area contributed by atoms with Crippen LogP contribution in [0, 0.1) is 0 Å². The summed E-state index contributed by atoms with van der Waals surface area (Å²) >= 11 is 0. The summed E-state index contributed by atoms with van der Waals surface area (Å²) in [4.78, 5) is 16.9. The molecular formula is C6H14N2O2. The zero-order valence-corrected chi connectivity index (χ0v) is 6.84. The lowest BCUT2D eigenvalue weighted by Crippen LogP contribution is -2.40. The lowest BCUT2D eigenvalue weighted by molar-refractivity contribution is 0.0866. The van der Waals surface area contributed by atoms with Crippen molar-refractivity contribution in [2.75, 3.05) is 14.2 Å². The average molecular weight is 146 g/mol. The molecule has 0 aromatic carbocycles. The molecule has 0 saturated heterocycles. The summed E-state index contributed by atoms with van der Waals surface area (Å²) in [5.41, 5.74) is 2.21. The summed E-state index contributed by atoms with van der Waals surface area (Å²) in [6, 6.07) is -0.0346. The van der Waals surface area contributed by atoms with Crippen molar-refractivity contribution in [2.45, 2.75) is 19.9 Å². The first-order valence-electron chi connectivity index (χ1n) is 3.15. The molecule has 0 aliphatic heterocycles. The van der Waals surface area contributed by atoms with Gasteiger partial charge in [-0.2, -0.15) is 0 Å². The smallest absolute Gasteiger partial charge is 0.324 e. The standard InChI is InChI=1S/C6H14N2O2/c1-5(2)8(3)6(9)7-10-4/h5H,1-4H3,(H,7,9). The van der Waals surface area contributed by atoms with Gasteiger partial charge >= 0.3 is 6.03 Å². The van der Waals surface area contributed by atoms with E-state index in [0.717, 1.165) is 0 Å². The molecule has 0 atom stereocenters. The topological polar surface area (TPSA) is 41.6 Å². The number of carbonyl (C=O) groups is 1. The van der Waals surface area contributed by atoms with E-state index in [-0.39, 0.29) is 12.1 Å². The maximum atomic E-state index is 10.9. The van der Waals surface area contributed by atoms with Crippen LogP contribution in [-0.4, -0.2) is 31.1 Å². The van der Waals surface area contributed by atoms with Gasteiger partial charge in [-0.3, -0.25) is 4.84 Å². The third kappa shape index (κ3) is 2.68. The van der Waals surface area contributed by atoms with Crippen LogP contribution in [0.5, 0.6) is 0 Å². The molecule has 0 aliphatic rings. The van der Waals surface area contributed by atoms with E-state index in [1.165, 1.54) is 7.11 Å². The Labute approximate surface area is 61.1 Å². The molecule has 0 aliphatic carbocycles. The Morgan fingerprint density at radius 1 is 1.60 bits per heavy atom. The molecule has 10 heavy (non-hydrogen) atoms. The minimum Gasteiger partial charge on any atom is -0.324 e. The van der Waals surface area contributed by atoms with Gasteiger partial charge < -0.3 is 4.90 Å². The van der Waals surface area contributed by atoms with E-state index < -0.39 is 0 Å². The van der Waals surface area contributed by atoms with E-state index >= 15 is 0 Å². The largest absolute Gasteiger partial charge is 0.341 e. The summed E-state index contributed by atoms with van der Waals surface area (Å²) in [6.07, 6.45) is 0. The zero-order valence-electron chi connectivity index (χ0n) is 6.84. The number of rotatable bonds is 2. The van der Waals surface area contributed by atoms with Crippen molar-refractivity contribution in [2.24, 2.45) is 0 Å². The van der Waals surface area contributed by atoms with Crippen LogP contribution in [0.1, 0.15) is 13.8 Å². The number of amides is 2. The highest BCUT2D eigenvalue weighted by Crippen LogP contribution is 1.92. The minimum atomic E-state index is -0.225. The molecule has 0 saturated carbocycles. The molecule has 0 radical (unpaired) electrons. The Hall–Kier alpha value is -0.770. The van der Waals surface area contributed by atoms with E-state index in [2.05, 4.69) is 10.3 Å². The first-order valence-corrected chi connectivity index (χ1v) is 3.15. The van der Waals surface area contributed by atoms with Crippen LogP contribution in [0.3, 0.4) is 0 Å². The van der Waals surface area contributed by atoms with Gasteiger partial charge in [0.05, 0.1) is 7.11 Å². The van der Waals surface area contributed by atoms with E-state index in [0.29, 0.717) is 0 Å². The lowest BCUT2D eigenvalue weighted by atomic mass is 10.4. The molecular weight excluding hydrogens is 132 g/mol. The van der Waals surface area contributed by atoms with Crippen molar-refractivity contribution < 1.29 is 9.63 Å². The van der Waals surface area contributed by atoms with Crippen LogP contribution in [0.2, 0.25) is 0 Å². The van der Waals surface area contributed by atoms with E-state index in [4.69, 9.17) is 0 Å².